The summed E-state index contributed by atoms with van der Waals surface area (Å²) in [5.74, 6) is 0.410. The molecule has 3 aromatic carbocycles. The van der Waals surface area contributed by atoms with E-state index in [-0.39, 0.29) is 11.7 Å². The summed E-state index contributed by atoms with van der Waals surface area (Å²) in [5, 5.41) is 19.9. The molecule has 30 heavy (non-hydrogen) atoms. The normalized spacial score (nSPS) is 11.3. The number of amides is 1. The smallest absolute Gasteiger partial charge is 0.255 e. The zero-order valence-electron chi connectivity index (χ0n) is 15.9. The highest BCUT2D eigenvalue weighted by Gasteiger charge is 2.13. The lowest BCUT2D eigenvalue weighted by molar-refractivity contribution is 0.102. The number of benzene rings is 3. The van der Waals surface area contributed by atoms with E-state index in [0.29, 0.717) is 28.3 Å². The molecule has 0 fully saturated rings. The average molecular weight is 397 g/mol. The summed E-state index contributed by atoms with van der Waals surface area (Å²) in [4.78, 5) is 17.2. The third-order valence-electron chi connectivity index (χ3n) is 4.58. The van der Waals surface area contributed by atoms with E-state index < -0.39 is 0 Å². The van der Waals surface area contributed by atoms with Crippen molar-refractivity contribution in [2.24, 2.45) is 10.9 Å². The maximum Gasteiger partial charge on any atom is 0.255 e. The van der Waals surface area contributed by atoms with Gasteiger partial charge in [-0.05, 0) is 47.9 Å². The van der Waals surface area contributed by atoms with Crippen LogP contribution in [0.4, 0.5) is 17.2 Å². The number of hydrogen-bond acceptors (Lipinski definition) is 5. The van der Waals surface area contributed by atoms with Crippen molar-refractivity contribution in [3.8, 4) is 0 Å². The van der Waals surface area contributed by atoms with Gasteiger partial charge in [-0.2, -0.15) is 0 Å². The fourth-order valence-electron chi connectivity index (χ4n) is 3.11. The summed E-state index contributed by atoms with van der Waals surface area (Å²) in [5.41, 5.74) is 8.20. The van der Waals surface area contributed by atoms with E-state index in [1.54, 1.807) is 30.5 Å². The number of amidine groups is 1. The van der Waals surface area contributed by atoms with Crippen molar-refractivity contribution in [1.82, 2.24) is 4.98 Å². The van der Waals surface area contributed by atoms with Crippen molar-refractivity contribution in [2.45, 2.75) is 0 Å². The minimum atomic E-state index is -0.229. The van der Waals surface area contributed by atoms with Crippen molar-refractivity contribution >= 4 is 39.7 Å². The third-order valence-corrected chi connectivity index (χ3v) is 4.58. The molecule has 0 atom stereocenters. The molecule has 1 heterocycles. The van der Waals surface area contributed by atoms with E-state index in [9.17, 15) is 4.79 Å². The summed E-state index contributed by atoms with van der Waals surface area (Å²) in [7, 11) is 0. The Morgan fingerprint density at radius 3 is 2.47 bits per heavy atom. The predicted molar refractivity (Wildman–Crippen MR) is 118 cm³/mol. The van der Waals surface area contributed by atoms with Gasteiger partial charge >= 0.3 is 0 Å². The largest absolute Gasteiger partial charge is 0.409 e. The Morgan fingerprint density at radius 1 is 0.933 bits per heavy atom. The van der Waals surface area contributed by atoms with Gasteiger partial charge in [-0.3, -0.25) is 4.79 Å². The van der Waals surface area contributed by atoms with Gasteiger partial charge in [-0.15, -0.1) is 0 Å². The lowest BCUT2D eigenvalue weighted by Crippen LogP contribution is -2.14. The van der Waals surface area contributed by atoms with Gasteiger partial charge in [0.25, 0.3) is 5.91 Å². The maximum absolute atomic E-state index is 12.9. The number of pyridine rings is 1. The predicted octanol–water partition coefficient (Wildman–Crippen LogP) is 4.33. The molecule has 0 saturated carbocycles. The van der Waals surface area contributed by atoms with Crippen LogP contribution in [0.1, 0.15) is 15.9 Å². The van der Waals surface area contributed by atoms with Crippen LogP contribution >= 0.6 is 0 Å². The molecule has 5 N–H and O–H groups in total. The summed E-state index contributed by atoms with van der Waals surface area (Å²) in [6.07, 6.45) is 1.68. The molecule has 7 nitrogen and oxygen atoms in total. The van der Waals surface area contributed by atoms with E-state index in [1.807, 2.05) is 54.6 Å². The van der Waals surface area contributed by atoms with Gasteiger partial charge in [0.1, 0.15) is 5.82 Å². The maximum atomic E-state index is 12.9. The minimum absolute atomic E-state index is 0.00610. The topological polar surface area (TPSA) is 113 Å². The third kappa shape index (κ3) is 4.05. The number of rotatable bonds is 5. The highest BCUT2D eigenvalue weighted by Crippen LogP contribution is 2.29. The second-order valence-corrected chi connectivity index (χ2v) is 6.61. The number of para-hydroxylation sites is 1. The van der Waals surface area contributed by atoms with Gasteiger partial charge in [0.2, 0.25) is 0 Å². The highest BCUT2D eigenvalue weighted by atomic mass is 16.4. The zero-order valence-corrected chi connectivity index (χ0v) is 15.9. The van der Waals surface area contributed by atoms with Gasteiger partial charge in [-0.1, -0.05) is 41.6 Å². The summed E-state index contributed by atoms with van der Waals surface area (Å²) < 4.78 is 0. The van der Waals surface area contributed by atoms with Crippen molar-refractivity contribution in [1.29, 1.82) is 0 Å². The quantitative estimate of drug-likeness (QED) is 0.173. The molecule has 7 heteroatoms. The molecule has 0 spiro atoms. The molecule has 0 unspecified atom stereocenters. The van der Waals surface area contributed by atoms with Gasteiger partial charge in [0, 0.05) is 34.1 Å². The summed E-state index contributed by atoms with van der Waals surface area (Å²) >= 11 is 0. The molecule has 1 aromatic heterocycles. The molecule has 0 bridgehead atoms. The highest BCUT2D eigenvalue weighted by molar-refractivity contribution is 6.10. The number of nitrogens with two attached hydrogens (primary N) is 1. The molecule has 0 aliphatic rings. The lowest BCUT2D eigenvalue weighted by atomic mass is 10.0. The average Bonchev–Trinajstić information content (AvgIpc) is 2.79. The van der Waals surface area contributed by atoms with Crippen LogP contribution in [-0.4, -0.2) is 21.9 Å². The SMILES string of the molecule is N/C(=N\O)c1ccc2cc(C(=O)Nc3ccccc3)cc(Nc3ccccn3)c2c1. The molecule has 0 radical (unpaired) electrons. The number of carbonyl (C=O) groups is 1. The van der Waals surface area contributed by atoms with Crippen LogP contribution in [0.5, 0.6) is 0 Å². The summed E-state index contributed by atoms with van der Waals surface area (Å²) in [6.45, 7) is 0. The van der Waals surface area contributed by atoms with Crippen LogP contribution in [-0.2, 0) is 0 Å². The van der Waals surface area contributed by atoms with E-state index >= 15 is 0 Å². The molecule has 0 aliphatic carbocycles. The molecular weight excluding hydrogens is 378 g/mol. The number of oxime groups is 1. The minimum Gasteiger partial charge on any atom is -0.409 e. The number of aromatic nitrogens is 1. The monoisotopic (exact) mass is 397 g/mol. The molecule has 4 aromatic rings. The molecule has 1 amide bonds. The van der Waals surface area contributed by atoms with Crippen LogP contribution in [0, 0.1) is 0 Å². The van der Waals surface area contributed by atoms with Gasteiger partial charge < -0.3 is 21.6 Å². The van der Waals surface area contributed by atoms with E-state index in [2.05, 4.69) is 20.8 Å². The first-order valence-corrected chi connectivity index (χ1v) is 9.24. The van der Waals surface area contributed by atoms with Crippen molar-refractivity contribution < 1.29 is 10.0 Å². The van der Waals surface area contributed by atoms with Gasteiger partial charge in [0.05, 0.1) is 0 Å². The number of carbonyl (C=O) groups excluding carboxylic acids is 1. The lowest BCUT2D eigenvalue weighted by Gasteiger charge is -2.13. The fourth-order valence-corrected chi connectivity index (χ4v) is 3.11. The Bertz CT molecular complexity index is 1220. The zero-order chi connectivity index (χ0) is 20.9. The molecule has 0 aliphatic heterocycles. The second kappa shape index (κ2) is 8.32. The first kappa shape index (κ1) is 18.9. The van der Waals surface area contributed by atoms with Gasteiger partial charge in [0.15, 0.2) is 5.84 Å². The Kier molecular flexibility index (Phi) is 5.25. The molecular formula is C23H19N5O2. The molecule has 4 rings (SSSR count). The first-order valence-electron chi connectivity index (χ1n) is 9.24. The number of anilines is 3. The van der Waals surface area contributed by atoms with Gasteiger partial charge in [-0.25, -0.2) is 4.98 Å². The summed E-state index contributed by atoms with van der Waals surface area (Å²) in [6, 6.07) is 23.7. The number of hydrogen-bond donors (Lipinski definition) is 4. The Labute approximate surface area is 172 Å². The number of nitrogens with zero attached hydrogens (tertiary/aromatic N) is 2. The van der Waals surface area contributed by atoms with Crippen molar-refractivity contribution in [3.63, 3.8) is 0 Å². The second-order valence-electron chi connectivity index (χ2n) is 6.61. The standard InChI is InChI=1S/C23H19N5O2/c24-22(28-30)16-10-9-15-12-17(23(29)26-18-6-2-1-3-7-18)14-20(19(15)13-16)27-21-8-4-5-11-25-21/h1-14,30H,(H2,24,28)(H,25,27)(H,26,29). The number of nitrogens with one attached hydrogen (secondary N) is 2. The van der Waals surface area contributed by atoms with E-state index in [0.717, 1.165) is 10.8 Å². The fraction of sp³-hybridized carbons (Fsp3) is 0. The van der Waals surface area contributed by atoms with Crippen molar-refractivity contribution in [2.75, 3.05) is 10.6 Å². The van der Waals surface area contributed by atoms with Crippen LogP contribution in [0.15, 0.2) is 90.2 Å². The van der Waals surface area contributed by atoms with Crippen LogP contribution < -0.4 is 16.4 Å². The Hall–Kier alpha value is -4.39. The Morgan fingerprint density at radius 2 is 1.73 bits per heavy atom. The molecule has 0 saturated heterocycles. The van der Waals surface area contributed by atoms with Crippen LogP contribution in [0.3, 0.4) is 0 Å². The van der Waals surface area contributed by atoms with Crippen molar-refractivity contribution in [3.05, 3.63) is 96.2 Å². The van der Waals surface area contributed by atoms with Crippen LogP contribution in [0.2, 0.25) is 0 Å². The molecule has 148 valence electrons. The first-order chi connectivity index (χ1) is 14.6. The van der Waals surface area contributed by atoms with Crippen LogP contribution in [0.25, 0.3) is 10.8 Å². The van der Waals surface area contributed by atoms with E-state index in [4.69, 9.17) is 10.9 Å². The van der Waals surface area contributed by atoms with E-state index in [1.165, 1.54) is 0 Å². The Balaban J connectivity index is 1.79. The number of fused-ring (bicyclic) bond motifs is 1.